The molecule has 2 unspecified atom stereocenters. The zero-order valence-corrected chi connectivity index (χ0v) is 30.2. The van der Waals surface area contributed by atoms with E-state index in [2.05, 4.69) is 38.2 Å². The van der Waals surface area contributed by atoms with Gasteiger partial charge < -0.3 is 28.6 Å². The van der Waals surface area contributed by atoms with Crippen molar-refractivity contribution in [1.29, 1.82) is 0 Å². The second-order valence-corrected chi connectivity index (χ2v) is 13.4. The molecule has 0 amide bonds. The first-order chi connectivity index (χ1) is 22.1. The van der Waals surface area contributed by atoms with Crippen molar-refractivity contribution in [3.63, 3.8) is 0 Å². The van der Waals surface area contributed by atoms with E-state index in [4.69, 9.17) is 14.2 Å². The number of carboxylic acid groups (broad SMARTS) is 1. The molecule has 0 fully saturated rings. The summed E-state index contributed by atoms with van der Waals surface area (Å²) in [5.74, 6) is -1.77. The van der Waals surface area contributed by atoms with Gasteiger partial charge in [-0.25, -0.2) is 0 Å². The molecule has 0 radical (unpaired) electrons. The van der Waals surface area contributed by atoms with Crippen molar-refractivity contribution >= 4 is 17.9 Å². The Morgan fingerprint density at radius 2 is 1.11 bits per heavy atom. The lowest BCUT2D eigenvalue weighted by Gasteiger charge is -2.34. The largest absolute Gasteiger partial charge is 0.544 e. The number of aliphatic carboxylic acids is 1. The topological polar surface area (TPSA) is 102 Å². The van der Waals surface area contributed by atoms with Crippen molar-refractivity contribution in [2.24, 2.45) is 0 Å². The van der Waals surface area contributed by atoms with E-state index >= 15 is 0 Å². The van der Waals surface area contributed by atoms with Crippen molar-refractivity contribution in [2.45, 2.75) is 161 Å². The SMILES string of the molecule is CCCC/C=C/CCCCCCC(=O)OC(COCCC(C(=O)[O-])[N+](C)(C)C)COC(=O)CCCCCCC/C=C/CCCCC. The molecular formula is C38H69NO7. The number of allylic oxidation sites excluding steroid dienone is 4. The van der Waals surface area contributed by atoms with Gasteiger partial charge in [0.05, 0.1) is 40.3 Å². The molecule has 0 saturated heterocycles. The number of nitrogens with zero attached hydrogens (tertiary/aromatic N) is 1. The zero-order chi connectivity index (χ0) is 34.3. The maximum Gasteiger partial charge on any atom is 0.306 e. The molecule has 0 bridgehead atoms. The average Bonchev–Trinajstić information content (AvgIpc) is 3.00. The van der Waals surface area contributed by atoms with Crippen LogP contribution in [0.1, 0.15) is 149 Å². The van der Waals surface area contributed by atoms with Crippen molar-refractivity contribution in [2.75, 3.05) is 41.0 Å². The van der Waals surface area contributed by atoms with Crippen molar-refractivity contribution in [1.82, 2.24) is 0 Å². The van der Waals surface area contributed by atoms with Crippen molar-refractivity contribution in [3.05, 3.63) is 24.3 Å². The third kappa shape index (κ3) is 28.1. The first-order valence-corrected chi connectivity index (χ1v) is 18.4. The van der Waals surface area contributed by atoms with Gasteiger partial charge in [-0.15, -0.1) is 0 Å². The minimum atomic E-state index is -1.13. The summed E-state index contributed by atoms with van der Waals surface area (Å²) in [6.45, 7) is 4.55. The molecule has 0 aliphatic rings. The van der Waals surface area contributed by atoms with E-state index < -0.39 is 18.1 Å². The van der Waals surface area contributed by atoms with Gasteiger partial charge in [-0.3, -0.25) is 9.59 Å². The van der Waals surface area contributed by atoms with Gasteiger partial charge in [0.25, 0.3) is 0 Å². The fraction of sp³-hybridized carbons (Fsp3) is 0.816. The van der Waals surface area contributed by atoms with Crippen LogP contribution in [0.4, 0.5) is 0 Å². The molecule has 0 aromatic rings. The molecule has 0 aliphatic heterocycles. The van der Waals surface area contributed by atoms with Crippen LogP contribution < -0.4 is 5.11 Å². The standard InChI is InChI=1S/C38H69NO7/c1-6-8-10-12-14-16-18-19-21-22-24-26-28-36(40)45-33-34(32-44-31-30-35(38(42)43)39(3,4)5)46-37(41)29-27-25-23-20-17-15-13-11-9-7-2/h13-16,34-35H,6-12,17-33H2,1-5H3/b15-13+,16-14+. The number of carbonyl (C=O) groups is 3. The quantitative estimate of drug-likeness (QED) is 0.0319. The van der Waals surface area contributed by atoms with Gasteiger partial charge in [0.15, 0.2) is 6.10 Å². The Balaban J connectivity index is 4.47. The highest BCUT2D eigenvalue weighted by molar-refractivity contribution is 5.70. The van der Waals surface area contributed by atoms with Crippen LogP contribution in [0.2, 0.25) is 0 Å². The number of hydrogen-bond donors (Lipinski definition) is 0. The average molecular weight is 652 g/mol. The molecule has 0 spiro atoms. The molecule has 8 heteroatoms. The summed E-state index contributed by atoms with van der Waals surface area (Å²) in [4.78, 5) is 36.5. The summed E-state index contributed by atoms with van der Waals surface area (Å²) in [6, 6.07) is -0.724. The third-order valence-electron chi connectivity index (χ3n) is 8.06. The van der Waals surface area contributed by atoms with E-state index in [0.717, 1.165) is 70.6 Å². The lowest BCUT2D eigenvalue weighted by molar-refractivity contribution is -0.889. The Hall–Kier alpha value is -2.19. The monoisotopic (exact) mass is 652 g/mol. The minimum Gasteiger partial charge on any atom is -0.544 e. The Morgan fingerprint density at radius 3 is 1.63 bits per heavy atom. The lowest BCUT2D eigenvalue weighted by Crippen LogP contribution is -2.55. The van der Waals surface area contributed by atoms with E-state index in [-0.39, 0.29) is 42.7 Å². The lowest BCUT2D eigenvalue weighted by atomic mass is 10.1. The van der Waals surface area contributed by atoms with Crippen LogP contribution in [0.5, 0.6) is 0 Å². The molecule has 268 valence electrons. The van der Waals surface area contributed by atoms with Crippen molar-refractivity contribution in [3.8, 4) is 0 Å². The van der Waals surface area contributed by atoms with Gasteiger partial charge >= 0.3 is 11.9 Å². The summed E-state index contributed by atoms with van der Waals surface area (Å²) in [5.41, 5.74) is 0. The molecule has 0 aromatic heterocycles. The van der Waals surface area contributed by atoms with Crippen LogP contribution in [0.3, 0.4) is 0 Å². The summed E-state index contributed by atoms with van der Waals surface area (Å²) in [6.07, 6.45) is 29.2. The second kappa shape index (κ2) is 30.2. The molecule has 0 rings (SSSR count). The maximum absolute atomic E-state index is 12.6. The predicted octanol–water partition coefficient (Wildman–Crippen LogP) is 7.63. The minimum absolute atomic E-state index is 0.0351. The number of esters is 2. The first kappa shape index (κ1) is 43.8. The van der Waals surface area contributed by atoms with E-state index in [1.54, 1.807) is 21.1 Å². The number of carboxylic acids is 1. The van der Waals surface area contributed by atoms with Crippen LogP contribution in [-0.2, 0) is 28.6 Å². The molecule has 0 aromatic carbocycles. The fourth-order valence-corrected chi connectivity index (χ4v) is 5.10. The molecule has 2 atom stereocenters. The first-order valence-electron chi connectivity index (χ1n) is 18.4. The van der Waals surface area contributed by atoms with Gasteiger partial charge in [-0.2, -0.15) is 0 Å². The van der Waals surface area contributed by atoms with Gasteiger partial charge in [-0.1, -0.05) is 95.9 Å². The van der Waals surface area contributed by atoms with Crippen LogP contribution in [-0.4, -0.2) is 75.5 Å². The number of hydrogen-bond acceptors (Lipinski definition) is 7. The summed E-state index contributed by atoms with van der Waals surface area (Å²) < 4.78 is 17.0. The molecular weight excluding hydrogens is 582 g/mol. The highest BCUT2D eigenvalue weighted by atomic mass is 16.6. The third-order valence-corrected chi connectivity index (χ3v) is 8.06. The van der Waals surface area contributed by atoms with Crippen LogP contribution in [0.15, 0.2) is 24.3 Å². The van der Waals surface area contributed by atoms with Crippen LogP contribution >= 0.6 is 0 Å². The fourth-order valence-electron chi connectivity index (χ4n) is 5.10. The zero-order valence-electron chi connectivity index (χ0n) is 30.2. The summed E-state index contributed by atoms with van der Waals surface area (Å²) in [5, 5.41) is 11.5. The van der Waals surface area contributed by atoms with E-state index in [0.29, 0.717) is 12.8 Å². The van der Waals surface area contributed by atoms with Gasteiger partial charge in [0.1, 0.15) is 12.6 Å². The van der Waals surface area contributed by atoms with E-state index in [9.17, 15) is 19.5 Å². The molecule has 8 nitrogen and oxygen atoms in total. The highest BCUT2D eigenvalue weighted by Crippen LogP contribution is 2.12. The number of quaternary nitrogens is 1. The van der Waals surface area contributed by atoms with Gasteiger partial charge in [0, 0.05) is 19.3 Å². The normalized spacial score (nSPS) is 13.3. The number of likely N-dealkylation sites (N-methyl/N-ethyl adjacent to an activating group) is 1. The Labute approximate surface area is 281 Å². The van der Waals surface area contributed by atoms with E-state index in [1.807, 2.05) is 0 Å². The van der Waals surface area contributed by atoms with Crippen molar-refractivity contribution < 1.29 is 38.2 Å². The molecule has 0 saturated carbocycles. The van der Waals surface area contributed by atoms with Crippen LogP contribution in [0.25, 0.3) is 0 Å². The molecule has 46 heavy (non-hydrogen) atoms. The van der Waals surface area contributed by atoms with Gasteiger partial charge in [-0.05, 0) is 57.8 Å². The highest BCUT2D eigenvalue weighted by Gasteiger charge is 2.25. The van der Waals surface area contributed by atoms with E-state index in [1.165, 1.54) is 44.9 Å². The van der Waals surface area contributed by atoms with Crippen LogP contribution in [0, 0.1) is 0 Å². The molecule has 0 aliphatic carbocycles. The summed E-state index contributed by atoms with van der Waals surface area (Å²) >= 11 is 0. The number of ether oxygens (including phenoxy) is 3. The summed E-state index contributed by atoms with van der Waals surface area (Å²) in [7, 11) is 5.38. The second-order valence-electron chi connectivity index (χ2n) is 13.4. The smallest absolute Gasteiger partial charge is 0.306 e. The molecule has 0 heterocycles. The maximum atomic E-state index is 12.6. The Kier molecular flexibility index (Phi) is 28.7. The predicted molar refractivity (Wildman–Crippen MR) is 185 cm³/mol. The van der Waals surface area contributed by atoms with Gasteiger partial charge in [0.2, 0.25) is 0 Å². The number of unbranched alkanes of at least 4 members (excludes halogenated alkanes) is 14. The number of rotatable bonds is 32. The number of carbonyl (C=O) groups excluding carboxylic acids is 3. The molecule has 0 N–H and O–H groups in total. The Morgan fingerprint density at radius 1 is 0.630 bits per heavy atom. The Bertz CT molecular complexity index is 818.